The highest BCUT2D eigenvalue weighted by atomic mass is 32.2. The highest BCUT2D eigenvalue weighted by Crippen LogP contribution is 2.31. The van der Waals surface area contributed by atoms with Crippen LogP contribution in [0.4, 0.5) is 5.69 Å². The number of morpholine rings is 1. The summed E-state index contributed by atoms with van der Waals surface area (Å²) in [5, 5.41) is 2.75. The van der Waals surface area contributed by atoms with Crippen molar-refractivity contribution in [3.63, 3.8) is 0 Å². The van der Waals surface area contributed by atoms with Crippen molar-refractivity contribution < 1.29 is 35.8 Å². The van der Waals surface area contributed by atoms with Crippen LogP contribution in [-0.2, 0) is 36.0 Å². The first-order chi connectivity index (χ1) is 18.7. The number of carbonyl (C=O) groups is 1. The van der Waals surface area contributed by atoms with Gasteiger partial charge in [0.15, 0.2) is 0 Å². The molecule has 0 atom stereocenters. The maximum Gasteiger partial charge on any atom is 0.243 e. The van der Waals surface area contributed by atoms with E-state index in [0.717, 1.165) is 19.3 Å². The van der Waals surface area contributed by atoms with E-state index < -0.39 is 20.0 Å². The van der Waals surface area contributed by atoms with Gasteiger partial charge in [0.2, 0.25) is 26.0 Å². The number of aryl methyl sites for hydroxylation is 1. The van der Waals surface area contributed by atoms with Gasteiger partial charge in [-0.2, -0.15) is 8.61 Å². The number of anilines is 1. The molecule has 11 nitrogen and oxygen atoms in total. The topological polar surface area (TPSA) is 132 Å². The number of rotatable bonds is 10. The lowest BCUT2D eigenvalue weighted by atomic mass is 10.1. The van der Waals surface area contributed by atoms with Gasteiger partial charge in [-0.3, -0.25) is 4.79 Å². The lowest BCUT2D eigenvalue weighted by molar-refractivity contribution is -0.116. The molecule has 1 N–H and O–H groups in total. The Bertz CT molecular complexity index is 1380. The monoisotopic (exact) mass is 581 g/mol. The Balaban J connectivity index is 1.49. The average molecular weight is 582 g/mol. The molecule has 0 aliphatic carbocycles. The summed E-state index contributed by atoms with van der Waals surface area (Å²) in [6.45, 7) is 2.18. The second-order valence-corrected chi connectivity index (χ2v) is 13.2. The number of piperidine rings is 1. The van der Waals surface area contributed by atoms with Gasteiger partial charge in [0.1, 0.15) is 11.5 Å². The Morgan fingerprint density at radius 1 is 0.821 bits per heavy atom. The van der Waals surface area contributed by atoms with Crippen LogP contribution < -0.4 is 14.8 Å². The van der Waals surface area contributed by atoms with E-state index >= 15 is 0 Å². The predicted molar refractivity (Wildman–Crippen MR) is 145 cm³/mol. The van der Waals surface area contributed by atoms with E-state index in [9.17, 15) is 21.6 Å². The lowest BCUT2D eigenvalue weighted by Gasteiger charge is -2.26. The number of amides is 1. The number of sulfonamides is 2. The quantitative estimate of drug-likeness (QED) is 0.453. The van der Waals surface area contributed by atoms with E-state index in [1.54, 1.807) is 6.07 Å². The van der Waals surface area contributed by atoms with Crippen molar-refractivity contribution in [2.45, 2.75) is 41.9 Å². The molecule has 0 spiro atoms. The van der Waals surface area contributed by atoms with Crippen LogP contribution in [0.15, 0.2) is 46.2 Å². The molecule has 13 heteroatoms. The van der Waals surface area contributed by atoms with Crippen molar-refractivity contribution in [2.24, 2.45) is 0 Å². The minimum atomic E-state index is -3.71. The summed E-state index contributed by atoms with van der Waals surface area (Å²) in [5.41, 5.74) is 0.812. The fraction of sp³-hybridized carbons (Fsp3) is 0.500. The summed E-state index contributed by atoms with van der Waals surface area (Å²) >= 11 is 0. The van der Waals surface area contributed by atoms with Crippen LogP contribution in [-0.4, -0.2) is 85.0 Å². The normalized spacial score (nSPS) is 17.5. The second-order valence-electron chi connectivity index (χ2n) is 9.37. The highest BCUT2D eigenvalue weighted by molar-refractivity contribution is 7.89. The van der Waals surface area contributed by atoms with Crippen molar-refractivity contribution in [1.29, 1.82) is 0 Å². The van der Waals surface area contributed by atoms with Gasteiger partial charge < -0.3 is 19.5 Å². The van der Waals surface area contributed by atoms with E-state index in [1.807, 2.05) is 0 Å². The number of carbonyl (C=O) groups excluding carboxylic acids is 1. The zero-order chi connectivity index (χ0) is 28.0. The van der Waals surface area contributed by atoms with Gasteiger partial charge >= 0.3 is 0 Å². The molecule has 2 aromatic carbocycles. The lowest BCUT2D eigenvalue weighted by Crippen LogP contribution is -2.40. The van der Waals surface area contributed by atoms with Crippen molar-refractivity contribution in [3.05, 3.63) is 42.0 Å². The molecular weight excluding hydrogens is 546 g/mol. The van der Waals surface area contributed by atoms with Gasteiger partial charge in [0.05, 0.1) is 42.9 Å². The largest absolute Gasteiger partial charge is 0.496 e. The van der Waals surface area contributed by atoms with Gasteiger partial charge in [-0.25, -0.2) is 16.8 Å². The Kier molecular flexibility index (Phi) is 9.49. The molecule has 39 heavy (non-hydrogen) atoms. The van der Waals surface area contributed by atoms with Crippen molar-refractivity contribution in [1.82, 2.24) is 8.61 Å². The first kappa shape index (κ1) is 29.3. The Morgan fingerprint density at radius 3 is 2.00 bits per heavy atom. The fourth-order valence-electron chi connectivity index (χ4n) is 4.71. The number of hydrogen-bond acceptors (Lipinski definition) is 8. The zero-order valence-electron chi connectivity index (χ0n) is 22.2. The molecule has 0 radical (unpaired) electrons. The van der Waals surface area contributed by atoms with Crippen molar-refractivity contribution in [3.8, 4) is 11.5 Å². The molecule has 0 unspecified atom stereocenters. The van der Waals surface area contributed by atoms with Gasteiger partial charge in [-0.1, -0.05) is 6.42 Å². The smallest absolute Gasteiger partial charge is 0.243 e. The summed E-state index contributed by atoms with van der Waals surface area (Å²) < 4.78 is 71.3. The van der Waals surface area contributed by atoms with Crippen LogP contribution >= 0.6 is 0 Å². The minimum Gasteiger partial charge on any atom is -0.496 e. The van der Waals surface area contributed by atoms with E-state index in [0.29, 0.717) is 43.4 Å². The molecule has 2 aliphatic heterocycles. The number of benzene rings is 2. The first-order valence-electron chi connectivity index (χ1n) is 12.9. The summed E-state index contributed by atoms with van der Waals surface area (Å²) in [5.74, 6) is 0.414. The second kappa shape index (κ2) is 12.6. The fourth-order valence-corrected chi connectivity index (χ4v) is 7.71. The number of hydrogen-bond donors (Lipinski definition) is 1. The van der Waals surface area contributed by atoms with Crippen LogP contribution in [0.3, 0.4) is 0 Å². The Hall–Kier alpha value is -2.71. The summed E-state index contributed by atoms with van der Waals surface area (Å²) in [6.07, 6.45) is 2.84. The number of nitrogens with one attached hydrogen (secondary N) is 1. The molecule has 2 aliphatic rings. The third-order valence-corrected chi connectivity index (χ3v) is 10.7. The first-order valence-corrected chi connectivity index (χ1v) is 15.8. The van der Waals surface area contributed by atoms with Crippen LogP contribution in [0, 0.1) is 0 Å². The Morgan fingerprint density at radius 2 is 1.38 bits per heavy atom. The van der Waals surface area contributed by atoms with E-state index in [1.165, 1.54) is 53.2 Å². The van der Waals surface area contributed by atoms with Gasteiger partial charge in [0.25, 0.3) is 0 Å². The molecule has 2 fully saturated rings. The van der Waals surface area contributed by atoms with Crippen molar-refractivity contribution >= 4 is 31.6 Å². The standard InChI is InChI=1S/C26H35N3O8S2/c1-35-24-9-7-21(38(31,32)29-14-16-37-17-15-29)18-20(24)6-11-26(30)27-23-19-22(8-10-25(23)36-2)39(33,34)28-12-4-3-5-13-28/h7-10,18-19H,3-6,11-17H2,1-2H3,(H,27,30). The zero-order valence-corrected chi connectivity index (χ0v) is 23.9. The average Bonchev–Trinajstić information content (AvgIpc) is 2.96. The SMILES string of the molecule is COc1ccc(S(=O)(=O)N2CCOCC2)cc1CCC(=O)Nc1cc(S(=O)(=O)N2CCCCC2)ccc1OC. The molecule has 2 heterocycles. The van der Waals surface area contributed by atoms with Crippen LogP contribution in [0.5, 0.6) is 11.5 Å². The molecule has 214 valence electrons. The third-order valence-electron chi connectivity index (χ3n) is 6.88. The summed E-state index contributed by atoms with van der Waals surface area (Å²) in [7, 11) is -4.49. The molecule has 0 saturated carbocycles. The number of methoxy groups -OCH3 is 2. The molecule has 0 bridgehead atoms. The van der Waals surface area contributed by atoms with Gasteiger partial charge in [-0.15, -0.1) is 0 Å². The van der Waals surface area contributed by atoms with Crippen LogP contribution in [0.2, 0.25) is 0 Å². The number of ether oxygens (including phenoxy) is 3. The van der Waals surface area contributed by atoms with Gasteiger partial charge in [-0.05, 0) is 61.2 Å². The van der Waals surface area contributed by atoms with E-state index in [4.69, 9.17) is 14.2 Å². The minimum absolute atomic E-state index is 0.00364. The van der Waals surface area contributed by atoms with Crippen LogP contribution in [0.1, 0.15) is 31.2 Å². The van der Waals surface area contributed by atoms with E-state index in [2.05, 4.69) is 5.32 Å². The maximum atomic E-state index is 13.1. The molecule has 2 aromatic rings. The highest BCUT2D eigenvalue weighted by Gasteiger charge is 2.28. The Labute approximate surface area is 230 Å². The number of nitrogens with zero attached hydrogens (tertiary/aromatic N) is 2. The molecular formula is C26H35N3O8S2. The van der Waals surface area contributed by atoms with Crippen LogP contribution in [0.25, 0.3) is 0 Å². The summed E-state index contributed by atoms with van der Waals surface area (Å²) in [6, 6.07) is 9.02. The predicted octanol–water partition coefficient (Wildman–Crippen LogP) is 2.47. The molecule has 1 amide bonds. The van der Waals surface area contributed by atoms with Gasteiger partial charge in [0, 0.05) is 32.6 Å². The van der Waals surface area contributed by atoms with Crippen molar-refractivity contribution in [2.75, 3.05) is 58.9 Å². The molecule has 0 aromatic heterocycles. The summed E-state index contributed by atoms with van der Waals surface area (Å²) in [4.78, 5) is 13.1. The maximum absolute atomic E-state index is 13.1. The molecule has 4 rings (SSSR count). The molecule has 2 saturated heterocycles. The third kappa shape index (κ3) is 6.72. The van der Waals surface area contributed by atoms with E-state index in [-0.39, 0.29) is 47.3 Å².